The van der Waals surface area contributed by atoms with Crippen molar-refractivity contribution >= 4 is 5.82 Å². The van der Waals surface area contributed by atoms with E-state index in [-0.39, 0.29) is 12.4 Å². The van der Waals surface area contributed by atoms with E-state index in [2.05, 4.69) is 15.4 Å². The second kappa shape index (κ2) is 5.09. The zero-order valence-corrected chi connectivity index (χ0v) is 11.0. The van der Waals surface area contributed by atoms with Crippen LogP contribution in [0.4, 0.5) is 5.82 Å². The highest BCUT2D eigenvalue weighted by Gasteiger charge is 2.09. The van der Waals surface area contributed by atoms with Crippen LogP contribution in [-0.2, 0) is 27.1 Å². The van der Waals surface area contributed by atoms with Crippen LogP contribution in [0.1, 0.15) is 18.6 Å². The smallest absolute Gasteiger partial charge is 0.346 e. The van der Waals surface area contributed by atoms with Gasteiger partial charge in [-0.05, 0) is 0 Å². The first-order valence-electron chi connectivity index (χ1n) is 5.84. The summed E-state index contributed by atoms with van der Waals surface area (Å²) in [6.07, 6.45) is 2.40. The predicted octanol–water partition coefficient (Wildman–Crippen LogP) is -0.359. The molecule has 2 aromatic heterocycles. The lowest BCUT2D eigenvalue weighted by Crippen LogP contribution is -2.39. The quantitative estimate of drug-likeness (QED) is 0.811. The van der Waals surface area contributed by atoms with Gasteiger partial charge in [-0.25, -0.2) is 14.5 Å². The summed E-state index contributed by atoms with van der Waals surface area (Å²) in [7, 11) is 2.88. The van der Waals surface area contributed by atoms with Crippen molar-refractivity contribution < 1.29 is 4.42 Å². The summed E-state index contributed by atoms with van der Waals surface area (Å²) < 4.78 is 7.48. The molecule has 0 amide bonds. The van der Waals surface area contributed by atoms with E-state index in [1.807, 2.05) is 6.92 Å². The number of rotatable bonds is 4. The van der Waals surface area contributed by atoms with Gasteiger partial charge in [0.15, 0.2) is 0 Å². The average Bonchev–Trinajstić information content (AvgIpc) is 2.87. The maximum atomic E-state index is 11.8. The Kier molecular flexibility index (Phi) is 3.50. The van der Waals surface area contributed by atoms with Gasteiger partial charge in [0.05, 0.1) is 12.7 Å². The lowest BCUT2D eigenvalue weighted by Gasteiger charge is -2.06. The number of nitrogens with one attached hydrogen (secondary N) is 1. The molecule has 0 unspecified atom stereocenters. The first-order chi connectivity index (χ1) is 9.02. The molecular weight excluding hydrogens is 250 g/mol. The summed E-state index contributed by atoms with van der Waals surface area (Å²) in [5.74, 6) is 1.33. The van der Waals surface area contributed by atoms with Crippen LogP contribution in [0.3, 0.4) is 0 Å². The van der Waals surface area contributed by atoms with Crippen LogP contribution in [0, 0.1) is 0 Å². The van der Waals surface area contributed by atoms with Gasteiger partial charge in [0, 0.05) is 20.5 Å². The lowest BCUT2D eigenvalue weighted by atomic mass is 10.4. The van der Waals surface area contributed by atoms with Gasteiger partial charge in [-0.2, -0.15) is 0 Å². The topological polar surface area (TPSA) is 95.0 Å². The van der Waals surface area contributed by atoms with Gasteiger partial charge in [0.1, 0.15) is 5.76 Å². The fraction of sp³-hybridized carbons (Fsp3) is 0.455. The third-order valence-corrected chi connectivity index (χ3v) is 2.68. The second-order valence-corrected chi connectivity index (χ2v) is 4.05. The van der Waals surface area contributed by atoms with E-state index in [0.717, 1.165) is 21.4 Å². The Morgan fingerprint density at radius 2 is 2.11 bits per heavy atom. The molecule has 8 heteroatoms. The third kappa shape index (κ3) is 2.56. The number of aromatic nitrogens is 4. The molecule has 0 aliphatic carbocycles. The van der Waals surface area contributed by atoms with Crippen molar-refractivity contribution in [3.05, 3.63) is 38.7 Å². The van der Waals surface area contributed by atoms with E-state index in [9.17, 15) is 9.59 Å². The van der Waals surface area contributed by atoms with Crippen molar-refractivity contribution in [3.63, 3.8) is 0 Å². The Labute approximate surface area is 108 Å². The molecule has 0 spiro atoms. The number of nitrogens with zero attached hydrogens (tertiary/aromatic N) is 4. The molecule has 0 radical (unpaired) electrons. The highest BCUT2D eigenvalue weighted by atomic mass is 16.4. The van der Waals surface area contributed by atoms with Gasteiger partial charge in [-0.15, -0.1) is 5.10 Å². The molecule has 0 aromatic carbocycles. The first-order valence-corrected chi connectivity index (χ1v) is 5.84. The van der Waals surface area contributed by atoms with Gasteiger partial charge in [0.25, 0.3) is 5.56 Å². The zero-order valence-electron chi connectivity index (χ0n) is 11.0. The van der Waals surface area contributed by atoms with Crippen molar-refractivity contribution in [1.29, 1.82) is 0 Å². The van der Waals surface area contributed by atoms with Gasteiger partial charge in [-0.1, -0.05) is 6.92 Å². The summed E-state index contributed by atoms with van der Waals surface area (Å²) >= 11 is 0. The van der Waals surface area contributed by atoms with Gasteiger partial charge >= 0.3 is 5.69 Å². The van der Waals surface area contributed by atoms with Crippen molar-refractivity contribution in [2.45, 2.75) is 19.9 Å². The second-order valence-electron chi connectivity index (χ2n) is 4.05. The fourth-order valence-corrected chi connectivity index (χ4v) is 1.56. The number of oxazole rings is 1. The predicted molar refractivity (Wildman–Crippen MR) is 67.9 cm³/mol. The summed E-state index contributed by atoms with van der Waals surface area (Å²) in [5.41, 5.74) is -0.953. The molecule has 2 heterocycles. The van der Waals surface area contributed by atoms with Crippen LogP contribution in [0.15, 0.2) is 20.2 Å². The van der Waals surface area contributed by atoms with Crippen LogP contribution in [-0.4, -0.2) is 19.3 Å². The van der Waals surface area contributed by atoms with Crippen molar-refractivity contribution in [1.82, 2.24) is 19.3 Å². The Balaban J connectivity index is 2.20. The average molecular weight is 265 g/mol. The molecule has 0 atom stereocenters. The van der Waals surface area contributed by atoms with E-state index in [1.54, 1.807) is 6.20 Å². The highest BCUT2D eigenvalue weighted by molar-refractivity contribution is 5.29. The molecule has 102 valence electrons. The van der Waals surface area contributed by atoms with Crippen LogP contribution in [0.2, 0.25) is 0 Å². The molecule has 19 heavy (non-hydrogen) atoms. The standard InChI is InChI=1S/C11H15N5O3/c1-4-7-5-12-8(19-7)6-13-9-10(17)15(2)11(18)16(3)14-9/h5H,4,6H2,1-3H3,(H,13,14). The molecular formula is C11H15N5O3. The number of aryl methyl sites for hydroxylation is 2. The fourth-order valence-electron chi connectivity index (χ4n) is 1.56. The van der Waals surface area contributed by atoms with E-state index >= 15 is 0 Å². The van der Waals surface area contributed by atoms with Gasteiger partial charge < -0.3 is 9.73 Å². The molecule has 0 saturated carbocycles. The Morgan fingerprint density at radius 1 is 1.37 bits per heavy atom. The Morgan fingerprint density at radius 3 is 2.74 bits per heavy atom. The molecule has 2 aromatic rings. The molecule has 8 nitrogen and oxygen atoms in total. The maximum Gasteiger partial charge on any atom is 0.346 e. The first kappa shape index (κ1) is 13.1. The summed E-state index contributed by atoms with van der Waals surface area (Å²) in [6.45, 7) is 2.20. The minimum absolute atomic E-state index is 0.0841. The lowest BCUT2D eigenvalue weighted by molar-refractivity contribution is 0.465. The number of hydrogen-bond acceptors (Lipinski definition) is 6. The Bertz CT molecular complexity index is 697. The van der Waals surface area contributed by atoms with E-state index in [1.165, 1.54) is 14.1 Å². The molecule has 0 aliphatic rings. The summed E-state index contributed by atoms with van der Waals surface area (Å²) in [6, 6.07) is 0. The summed E-state index contributed by atoms with van der Waals surface area (Å²) in [5, 5.41) is 6.68. The van der Waals surface area contributed by atoms with Crippen molar-refractivity contribution in [2.75, 3.05) is 5.32 Å². The van der Waals surface area contributed by atoms with Crippen LogP contribution < -0.4 is 16.6 Å². The van der Waals surface area contributed by atoms with Crippen LogP contribution in [0.5, 0.6) is 0 Å². The maximum absolute atomic E-state index is 11.8. The number of anilines is 1. The zero-order chi connectivity index (χ0) is 14.0. The van der Waals surface area contributed by atoms with Crippen LogP contribution >= 0.6 is 0 Å². The molecule has 1 N–H and O–H groups in total. The van der Waals surface area contributed by atoms with Gasteiger partial charge in [-0.3, -0.25) is 9.36 Å². The Hall–Kier alpha value is -2.38. The molecule has 0 fully saturated rings. The summed E-state index contributed by atoms with van der Waals surface area (Å²) in [4.78, 5) is 27.3. The van der Waals surface area contributed by atoms with E-state index in [0.29, 0.717) is 5.89 Å². The van der Waals surface area contributed by atoms with Gasteiger partial charge in [0.2, 0.25) is 11.7 Å². The normalized spacial score (nSPS) is 10.7. The molecule has 0 saturated heterocycles. The largest absolute Gasteiger partial charge is 0.444 e. The minimum atomic E-state index is -0.481. The van der Waals surface area contributed by atoms with Crippen molar-refractivity contribution in [3.8, 4) is 0 Å². The molecule has 0 bridgehead atoms. The number of hydrogen-bond donors (Lipinski definition) is 1. The minimum Gasteiger partial charge on any atom is -0.444 e. The van der Waals surface area contributed by atoms with E-state index < -0.39 is 11.2 Å². The highest BCUT2D eigenvalue weighted by Crippen LogP contribution is 2.05. The molecule has 0 aliphatic heterocycles. The molecule has 2 rings (SSSR count). The SMILES string of the molecule is CCc1cnc(CNc2nn(C)c(=O)n(C)c2=O)o1. The van der Waals surface area contributed by atoms with E-state index in [4.69, 9.17) is 4.42 Å². The third-order valence-electron chi connectivity index (χ3n) is 2.68. The monoisotopic (exact) mass is 265 g/mol. The van der Waals surface area contributed by atoms with Crippen LogP contribution in [0.25, 0.3) is 0 Å². The van der Waals surface area contributed by atoms with Crippen molar-refractivity contribution in [2.24, 2.45) is 14.1 Å².